The van der Waals surface area contributed by atoms with Gasteiger partial charge >= 0.3 is 0 Å². The molecule has 2 N–H and O–H groups in total. The molecule has 0 amide bonds. The van der Waals surface area contributed by atoms with Crippen molar-refractivity contribution in [3.8, 4) is 0 Å². The fourth-order valence-corrected chi connectivity index (χ4v) is 2.80. The summed E-state index contributed by atoms with van der Waals surface area (Å²) in [6.45, 7) is 0. The van der Waals surface area contributed by atoms with Crippen molar-refractivity contribution in [1.82, 2.24) is 19.7 Å². The smallest absolute Gasteiger partial charge is 0.186 e. The van der Waals surface area contributed by atoms with Gasteiger partial charge in [-0.3, -0.25) is 4.98 Å². The first kappa shape index (κ1) is 12.0. The lowest BCUT2D eigenvalue weighted by molar-refractivity contribution is 0.685. The van der Waals surface area contributed by atoms with Gasteiger partial charge in [-0.05, 0) is 23.8 Å². The molecule has 0 aliphatic rings. The zero-order valence-electron chi connectivity index (χ0n) is 10.4. The fraction of sp³-hybridized carbons (Fsp3) is 0.154. The number of thioether (sulfide) groups is 1. The van der Waals surface area contributed by atoms with Crippen molar-refractivity contribution in [2.45, 2.75) is 10.9 Å². The van der Waals surface area contributed by atoms with Crippen LogP contribution in [0.4, 0.5) is 5.69 Å². The average molecular weight is 271 g/mol. The first-order valence-corrected chi connectivity index (χ1v) is 6.83. The summed E-state index contributed by atoms with van der Waals surface area (Å²) in [4.78, 5) is 8.63. The molecule has 0 unspecified atom stereocenters. The van der Waals surface area contributed by atoms with E-state index in [0.29, 0.717) is 0 Å². The molecule has 0 bridgehead atoms. The molecule has 0 saturated carbocycles. The highest BCUT2D eigenvalue weighted by Crippen LogP contribution is 2.27. The third-order valence-corrected chi connectivity index (χ3v) is 4.00. The lowest BCUT2D eigenvalue weighted by atomic mass is 10.1. The van der Waals surface area contributed by atoms with Crippen LogP contribution in [-0.4, -0.2) is 19.7 Å². The molecule has 0 radical (unpaired) electrons. The number of aryl methyl sites for hydroxylation is 1. The van der Waals surface area contributed by atoms with Crippen molar-refractivity contribution in [2.75, 3.05) is 5.73 Å². The van der Waals surface area contributed by atoms with Crippen LogP contribution in [0.1, 0.15) is 5.56 Å². The monoisotopic (exact) mass is 271 g/mol. The summed E-state index contributed by atoms with van der Waals surface area (Å²) >= 11 is 1.64. The van der Waals surface area contributed by atoms with E-state index in [4.69, 9.17) is 5.73 Å². The Balaban J connectivity index is 1.93. The molecule has 6 heteroatoms. The van der Waals surface area contributed by atoms with Crippen LogP contribution in [-0.2, 0) is 12.8 Å². The summed E-state index contributed by atoms with van der Waals surface area (Å²) in [5.41, 5.74) is 8.83. The average Bonchev–Trinajstić information content (AvgIpc) is 2.84. The van der Waals surface area contributed by atoms with E-state index in [0.717, 1.165) is 33.1 Å². The predicted molar refractivity (Wildman–Crippen MR) is 76.7 cm³/mol. The van der Waals surface area contributed by atoms with E-state index in [1.807, 2.05) is 31.3 Å². The molecule has 5 nitrogen and oxygen atoms in total. The predicted octanol–water partition coefficient (Wildman–Crippen LogP) is 2.24. The summed E-state index contributed by atoms with van der Waals surface area (Å²) in [6.07, 6.45) is 3.35. The number of pyridine rings is 1. The normalized spacial score (nSPS) is 11.0. The Kier molecular flexibility index (Phi) is 3.08. The minimum atomic E-state index is 0.760. The van der Waals surface area contributed by atoms with E-state index >= 15 is 0 Å². The van der Waals surface area contributed by atoms with Gasteiger partial charge in [0.2, 0.25) is 0 Å². The van der Waals surface area contributed by atoms with Crippen molar-refractivity contribution < 1.29 is 0 Å². The second-order valence-electron chi connectivity index (χ2n) is 4.17. The SMILES string of the molecule is Cn1ncnc1SCc1ccc(N)c2cccnc12. The highest BCUT2D eigenvalue weighted by atomic mass is 32.2. The molecule has 0 aliphatic heterocycles. The molecular formula is C13H13N5S. The first-order chi connectivity index (χ1) is 9.25. The highest BCUT2D eigenvalue weighted by molar-refractivity contribution is 7.98. The third-order valence-electron chi connectivity index (χ3n) is 2.91. The van der Waals surface area contributed by atoms with Crippen LogP contribution < -0.4 is 5.73 Å². The molecule has 1 aromatic carbocycles. The highest BCUT2D eigenvalue weighted by Gasteiger charge is 2.07. The van der Waals surface area contributed by atoms with Gasteiger partial charge < -0.3 is 5.73 Å². The summed E-state index contributed by atoms with van der Waals surface area (Å²) < 4.78 is 1.76. The topological polar surface area (TPSA) is 69.6 Å². The zero-order valence-corrected chi connectivity index (χ0v) is 11.3. The second kappa shape index (κ2) is 4.89. The van der Waals surface area contributed by atoms with Gasteiger partial charge in [-0.25, -0.2) is 9.67 Å². The number of nitrogen functional groups attached to an aromatic ring is 1. The molecular weight excluding hydrogens is 258 g/mol. The van der Waals surface area contributed by atoms with E-state index in [-0.39, 0.29) is 0 Å². The summed E-state index contributed by atoms with van der Waals surface area (Å²) in [5.74, 6) is 0.792. The number of nitrogens with two attached hydrogens (primary N) is 1. The van der Waals surface area contributed by atoms with E-state index in [1.165, 1.54) is 0 Å². The Morgan fingerprint density at radius 3 is 2.95 bits per heavy atom. The molecule has 0 atom stereocenters. The van der Waals surface area contributed by atoms with Crippen LogP contribution in [0.3, 0.4) is 0 Å². The number of hydrogen-bond donors (Lipinski definition) is 1. The van der Waals surface area contributed by atoms with E-state index in [9.17, 15) is 0 Å². The van der Waals surface area contributed by atoms with Gasteiger partial charge in [-0.2, -0.15) is 5.10 Å². The molecule has 19 heavy (non-hydrogen) atoms. The van der Waals surface area contributed by atoms with Gasteiger partial charge in [0.1, 0.15) is 6.33 Å². The molecule has 0 spiro atoms. The number of rotatable bonds is 3. The molecule has 2 aromatic heterocycles. The fourth-order valence-electron chi connectivity index (χ4n) is 1.93. The maximum atomic E-state index is 5.97. The summed E-state index contributed by atoms with van der Waals surface area (Å²) in [5, 5.41) is 5.94. The lowest BCUT2D eigenvalue weighted by Gasteiger charge is -2.07. The molecule has 0 fully saturated rings. The molecule has 3 aromatic rings. The number of benzene rings is 1. The van der Waals surface area contributed by atoms with Crippen LogP contribution in [0.2, 0.25) is 0 Å². The molecule has 0 saturated heterocycles. The minimum Gasteiger partial charge on any atom is -0.398 e. The van der Waals surface area contributed by atoms with Crippen molar-refractivity contribution in [1.29, 1.82) is 0 Å². The van der Waals surface area contributed by atoms with Crippen LogP contribution >= 0.6 is 11.8 Å². The number of aromatic nitrogens is 4. The molecule has 0 aliphatic carbocycles. The Morgan fingerprint density at radius 1 is 1.26 bits per heavy atom. The van der Waals surface area contributed by atoms with E-state index in [1.54, 1.807) is 29.0 Å². The van der Waals surface area contributed by atoms with Gasteiger partial charge in [0.25, 0.3) is 0 Å². The maximum absolute atomic E-state index is 5.97. The number of anilines is 1. The lowest BCUT2D eigenvalue weighted by Crippen LogP contribution is -1.95. The second-order valence-corrected chi connectivity index (χ2v) is 5.11. The van der Waals surface area contributed by atoms with Gasteiger partial charge in [0.15, 0.2) is 5.16 Å². The first-order valence-electron chi connectivity index (χ1n) is 5.84. The molecule has 2 heterocycles. The molecule has 3 rings (SSSR count). The third kappa shape index (κ3) is 2.26. The van der Waals surface area contributed by atoms with E-state index in [2.05, 4.69) is 15.1 Å². The minimum absolute atomic E-state index is 0.760. The Labute approximate surface area is 114 Å². The molecule has 96 valence electrons. The van der Waals surface area contributed by atoms with Gasteiger partial charge in [-0.1, -0.05) is 17.8 Å². The van der Waals surface area contributed by atoms with Crippen LogP contribution in [0.5, 0.6) is 0 Å². The Morgan fingerprint density at radius 2 is 2.16 bits per heavy atom. The number of fused-ring (bicyclic) bond motifs is 1. The van der Waals surface area contributed by atoms with Crippen LogP contribution in [0, 0.1) is 0 Å². The Bertz CT molecular complexity index is 722. The quantitative estimate of drug-likeness (QED) is 0.584. The largest absolute Gasteiger partial charge is 0.398 e. The van der Waals surface area contributed by atoms with Crippen LogP contribution in [0.15, 0.2) is 41.9 Å². The van der Waals surface area contributed by atoms with Gasteiger partial charge in [0.05, 0.1) is 5.52 Å². The Hall–Kier alpha value is -2.08. The van der Waals surface area contributed by atoms with Crippen molar-refractivity contribution in [3.05, 3.63) is 42.4 Å². The number of hydrogen-bond acceptors (Lipinski definition) is 5. The summed E-state index contributed by atoms with van der Waals surface area (Å²) in [6, 6.07) is 7.84. The zero-order chi connectivity index (χ0) is 13.2. The van der Waals surface area contributed by atoms with Gasteiger partial charge in [-0.15, -0.1) is 0 Å². The van der Waals surface area contributed by atoms with Crippen LogP contribution in [0.25, 0.3) is 10.9 Å². The summed E-state index contributed by atoms with van der Waals surface area (Å²) in [7, 11) is 1.88. The van der Waals surface area contributed by atoms with Crippen molar-refractivity contribution in [2.24, 2.45) is 7.05 Å². The van der Waals surface area contributed by atoms with Gasteiger partial charge in [0, 0.05) is 30.1 Å². The van der Waals surface area contributed by atoms with Crippen molar-refractivity contribution >= 4 is 28.4 Å². The number of nitrogens with zero attached hydrogens (tertiary/aromatic N) is 4. The van der Waals surface area contributed by atoms with Crippen molar-refractivity contribution in [3.63, 3.8) is 0 Å². The maximum Gasteiger partial charge on any atom is 0.186 e. The van der Waals surface area contributed by atoms with E-state index < -0.39 is 0 Å². The standard InChI is InChI=1S/C13H13N5S/c1-18-13(16-8-17-18)19-7-9-4-5-11(14)10-3-2-6-15-12(9)10/h2-6,8H,7,14H2,1H3.